The minimum atomic E-state index is -4.45. The van der Waals surface area contributed by atoms with Gasteiger partial charge in [-0.15, -0.1) is 11.3 Å². The maximum absolute atomic E-state index is 12.8. The van der Waals surface area contributed by atoms with E-state index in [0.717, 1.165) is 47.2 Å². The Morgan fingerprint density at radius 2 is 1.79 bits per heavy atom. The molecule has 1 fully saturated rings. The number of benzene rings is 1. The molecule has 2 aromatic heterocycles. The van der Waals surface area contributed by atoms with Gasteiger partial charge in [0, 0.05) is 53.9 Å². The van der Waals surface area contributed by atoms with Crippen LogP contribution in [0.4, 0.5) is 19.0 Å². The summed E-state index contributed by atoms with van der Waals surface area (Å²) in [6.07, 6.45) is -3.61. The number of aromatic nitrogens is 1. The molecule has 28 heavy (non-hydrogen) atoms. The Morgan fingerprint density at radius 3 is 2.43 bits per heavy atom. The second-order valence-corrected chi connectivity index (χ2v) is 8.55. The summed E-state index contributed by atoms with van der Waals surface area (Å²) in [7, 11) is 0. The SMILES string of the molecule is FC(F)(F)c1cnc(N2CCN(Cc3sc4ccccc4c3Cl)CC2)c(Cl)c1. The van der Waals surface area contributed by atoms with E-state index in [1.807, 2.05) is 23.1 Å². The minimum absolute atomic E-state index is 0.0239. The molecule has 0 saturated carbocycles. The molecule has 0 spiro atoms. The number of pyridine rings is 1. The summed E-state index contributed by atoms with van der Waals surface area (Å²) < 4.78 is 39.5. The van der Waals surface area contributed by atoms with Crippen LogP contribution in [0.25, 0.3) is 10.1 Å². The Hall–Kier alpha value is -1.54. The highest BCUT2D eigenvalue weighted by molar-refractivity contribution is 7.19. The van der Waals surface area contributed by atoms with Crippen LogP contribution < -0.4 is 4.90 Å². The first-order chi connectivity index (χ1) is 13.3. The molecule has 0 radical (unpaired) electrons. The minimum Gasteiger partial charge on any atom is -0.353 e. The van der Waals surface area contributed by atoms with E-state index in [9.17, 15) is 13.2 Å². The molecule has 9 heteroatoms. The molecule has 1 aliphatic rings. The number of alkyl halides is 3. The van der Waals surface area contributed by atoms with E-state index in [1.54, 1.807) is 11.3 Å². The van der Waals surface area contributed by atoms with E-state index in [-0.39, 0.29) is 5.02 Å². The largest absolute Gasteiger partial charge is 0.417 e. The molecule has 0 N–H and O–H groups in total. The molecule has 1 saturated heterocycles. The lowest BCUT2D eigenvalue weighted by molar-refractivity contribution is -0.137. The number of nitrogens with zero attached hydrogens (tertiary/aromatic N) is 3. The number of fused-ring (bicyclic) bond motifs is 1. The molecule has 1 aliphatic heterocycles. The number of thiophene rings is 1. The van der Waals surface area contributed by atoms with Crippen LogP contribution in [0.3, 0.4) is 0 Å². The zero-order chi connectivity index (χ0) is 19.9. The molecule has 0 amide bonds. The van der Waals surface area contributed by atoms with Gasteiger partial charge in [-0.2, -0.15) is 13.2 Å². The van der Waals surface area contributed by atoms with Gasteiger partial charge in [0.25, 0.3) is 0 Å². The van der Waals surface area contributed by atoms with E-state index in [0.29, 0.717) is 18.9 Å². The van der Waals surface area contributed by atoms with Crippen molar-refractivity contribution in [3.05, 3.63) is 57.0 Å². The number of halogens is 5. The van der Waals surface area contributed by atoms with Crippen molar-refractivity contribution in [3.8, 4) is 0 Å². The van der Waals surface area contributed by atoms with Crippen molar-refractivity contribution in [2.75, 3.05) is 31.1 Å². The Labute approximate surface area is 174 Å². The van der Waals surface area contributed by atoms with Gasteiger partial charge in [0.2, 0.25) is 0 Å². The fourth-order valence-electron chi connectivity index (χ4n) is 3.31. The van der Waals surface area contributed by atoms with Crippen molar-refractivity contribution in [1.82, 2.24) is 9.88 Å². The van der Waals surface area contributed by atoms with Crippen LogP contribution in [0.1, 0.15) is 10.4 Å². The topological polar surface area (TPSA) is 19.4 Å². The lowest BCUT2D eigenvalue weighted by Crippen LogP contribution is -2.46. The quantitative estimate of drug-likeness (QED) is 0.496. The Balaban J connectivity index is 1.42. The van der Waals surface area contributed by atoms with Crippen LogP contribution in [0.5, 0.6) is 0 Å². The predicted octanol–water partition coefficient (Wildman–Crippen LogP) is 5.94. The predicted molar refractivity (Wildman–Crippen MR) is 109 cm³/mol. The Bertz CT molecular complexity index is 998. The van der Waals surface area contributed by atoms with Crippen molar-refractivity contribution in [1.29, 1.82) is 0 Å². The molecule has 1 aromatic carbocycles. The summed E-state index contributed by atoms with van der Waals surface area (Å²) in [5, 5.41) is 1.90. The monoisotopic (exact) mass is 445 g/mol. The van der Waals surface area contributed by atoms with Crippen molar-refractivity contribution in [2.45, 2.75) is 12.7 Å². The van der Waals surface area contributed by atoms with Crippen LogP contribution in [-0.2, 0) is 12.7 Å². The summed E-state index contributed by atoms with van der Waals surface area (Å²) in [6, 6.07) is 9.00. The third kappa shape index (κ3) is 3.94. The van der Waals surface area contributed by atoms with Gasteiger partial charge in [0.05, 0.1) is 15.6 Å². The average Bonchev–Trinajstić information content (AvgIpc) is 2.98. The van der Waals surface area contributed by atoms with Gasteiger partial charge in [-0.3, -0.25) is 4.90 Å². The number of rotatable bonds is 3. The smallest absolute Gasteiger partial charge is 0.353 e. The van der Waals surface area contributed by atoms with E-state index < -0.39 is 11.7 Å². The van der Waals surface area contributed by atoms with Gasteiger partial charge in [-0.25, -0.2) is 4.98 Å². The Morgan fingerprint density at radius 1 is 1.07 bits per heavy atom. The van der Waals surface area contributed by atoms with Crippen LogP contribution in [-0.4, -0.2) is 36.1 Å². The first-order valence-corrected chi connectivity index (χ1v) is 10.3. The Kier molecular flexibility index (Phi) is 5.44. The second kappa shape index (κ2) is 7.71. The maximum Gasteiger partial charge on any atom is 0.417 e. The fraction of sp³-hybridized carbons (Fsp3) is 0.316. The molecule has 0 unspecified atom stereocenters. The second-order valence-electron chi connectivity index (χ2n) is 6.63. The summed E-state index contributed by atoms with van der Waals surface area (Å²) in [6.45, 7) is 3.54. The number of piperazine rings is 1. The molecule has 148 valence electrons. The first kappa shape index (κ1) is 19.8. The van der Waals surface area contributed by atoms with Gasteiger partial charge in [0.15, 0.2) is 0 Å². The lowest BCUT2D eigenvalue weighted by atomic mass is 10.2. The van der Waals surface area contributed by atoms with Gasteiger partial charge >= 0.3 is 6.18 Å². The molecular weight excluding hydrogens is 430 g/mol. The van der Waals surface area contributed by atoms with Gasteiger partial charge in [-0.05, 0) is 12.1 Å². The van der Waals surface area contributed by atoms with E-state index in [2.05, 4.69) is 16.0 Å². The third-order valence-corrected chi connectivity index (χ3v) is 6.77. The summed E-state index contributed by atoms with van der Waals surface area (Å²) in [5.74, 6) is 0.397. The van der Waals surface area contributed by atoms with Crippen LogP contribution >= 0.6 is 34.5 Å². The van der Waals surface area contributed by atoms with Gasteiger partial charge in [-0.1, -0.05) is 41.4 Å². The molecule has 3 aromatic rings. The highest BCUT2D eigenvalue weighted by Gasteiger charge is 2.32. The van der Waals surface area contributed by atoms with Crippen molar-refractivity contribution >= 4 is 50.4 Å². The van der Waals surface area contributed by atoms with Crippen LogP contribution in [0, 0.1) is 0 Å². The summed E-state index contributed by atoms with van der Waals surface area (Å²) >= 11 is 14.3. The van der Waals surface area contributed by atoms with E-state index in [1.165, 1.54) is 4.70 Å². The van der Waals surface area contributed by atoms with Crippen molar-refractivity contribution < 1.29 is 13.2 Å². The van der Waals surface area contributed by atoms with Crippen LogP contribution in [0.2, 0.25) is 10.0 Å². The summed E-state index contributed by atoms with van der Waals surface area (Å²) in [4.78, 5) is 9.29. The number of hydrogen-bond acceptors (Lipinski definition) is 4. The molecular formula is C19H16Cl2F3N3S. The third-order valence-electron chi connectivity index (χ3n) is 4.79. The fourth-order valence-corrected chi connectivity index (χ4v) is 5.13. The molecule has 3 nitrogen and oxygen atoms in total. The molecule has 0 bridgehead atoms. The first-order valence-electron chi connectivity index (χ1n) is 8.69. The number of hydrogen-bond donors (Lipinski definition) is 0. The normalized spacial score (nSPS) is 16.1. The lowest BCUT2D eigenvalue weighted by Gasteiger charge is -2.35. The van der Waals surface area contributed by atoms with E-state index >= 15 is 0 Å². The standard InChI is InChI=1S/C19H16Cl2F3N3S/c20-14-9-12(19(22,23)24)10-25-18(14)27-7-5-26(6-8-27)11-16-17(21)13-3-1-2-4-15(13)28-16/h1-4,9-10H,5-8,11H2. The molecule has 3 heterocycles. The van der Waals surface area contributed by atoms with Crippen molar-refractivity contribution in [3.63, 3.8) is 0 Å². The van der Waals surface area contributed by atoms with Gasteiger partial charge in [0.1, 0.15) is 5.82 Å². The molecule has 0 aliphatic carbocycles. The summed E-state index contributed by atoms with van der Waals surface area (Å²) in [5.41, 5.74) is -0.834. The average molecular weight is 446 g/mol. The highest BCUT2D eigenvalue weighted by atomic mass is 35.5. The van der Waals surface area contributed by atoms with E-state index in [4.69, 9.17) is 23.2 Å². The number of anilines is 1. The maximum atomic E-state index is 12.8. The van der Waals surface area contributed by atoms with Gasteiger partial charge < -0.3 is 4.90 Å². The van der Waals surface area contributed by atoms with Crippen molar-refractivity contribution in [2.24, 2.45) is 0 Å². The highest BCUT2D eigenvalue weighted by Crippen LogP contribution is 2.37. The molecule has 0 atom stereocenters. The van der Waals surface area contributed by atoms with Crippen LogP contribution in [0.15, 0.2) is 36.5 Å². The zero-order valence-electron chi connectivity index (χ0n) is 14.6. The molecule has 4 rings (SSSR count). The zero-order valence-corrected chi connectivity index (χ0v) is 17.0.